The Labute approximate surface area is 126 Å². The molecule has 2 N–H and O–H groups in total. The van der Waals surface area contributed by atoms with E-state index in [9.17, 15) is 4.79 Å². The second kappa shape index (κ2) is 9.20. The smallest absolute Gasteiger partial charge is 0.234 e. The minimum absolute atomic E-state index is 0.0391. The van der Waals surface area contributed by atoms with Gasteiger partial charge >= 0.3 is 0 Å². The molecule has 118 valence electrons. The van der Waals surface area contributed by atoms with Crippen molar-refractivity contribution in [3.63, 3.8) is 0 Å². The van der Waals surface area contributed by atoms with E-state index in [1.54, 1.807) is 14.2 Å². The van der Waals surface area contributed by atoms with Crippen LogP contribution in [0.25, 0.3) is 0 Å². The SMILES string of the molecule is CNCC(=O)NCc1ccc(OCCN(C)C)c(OC)c1. The van der Waals surface area contributed by atoms with Gasteiger partial charge < -0.3 is 25.0 Å². The number of carbonyl (C=O) groups excluding carboxylic acids is 1. The zero-order valence-electron chi connectivity index (χ0n) is 13.2. The van der Waals surface area contributed by atoms with Gasteiger partial charge in [-0.2, -0.15) is 0 Å². The zero-order chi connectivity index (χ0) is 15.7. The summed E-state index contributed by atoms with van der Waals surface area (Å²) in [5.74, 6) is 1.35. The molecule has 0 saturated heterocycles. The highest BCUT2D eigenvalue weighted by molar-refractivity contribution is 5.77. The summed E-state index contributed by atoms with van der Waals surface area (Å²) in [6.07, 6.45) is 0. The molecular weight excluding hydrogens is 270 g/mol. The molecule has 0 atom stereocenters. The Kier molecular flexibility index (Phi) is 7.56. The van der Waals surface area contributed by atoms with Crippen LogP contribution in [0.2, 0.25) is 0 Å². The number of hydrogen-bond acceptors (Lipinski definition) is 5. The first kappa shape index (κ1) is 17.3. The Bertz CT molecular complexity index is 450. The fourth-order valence-electron chi connectivity index (χ4n) is 1.70. The third-order valence-corrected chi connectivity index (χ3v) is 2.85. The molecule has 0 aliphatic rings. The van der Waals surface area contributed by atoms with Crippen molar-refractivity contribution in [2.75, 3.05) is 47.9 Å². The van der Waals surface area contributed by atoms with E-state index in [0.29, 0.717) is 31.2 Å². The molecule has 0 heterocycles. The van der Waals surface area contributed by atoms with Gasteiger partial charge in [0.1, 0.15) is 6.61 Å². The van der Waals surface area contributed by atoms with E-state index >= 15 is 0 Å². The quantitative estimate of drug-likeness (QED) is 0.693. The van der Waals surface area contributed by atoms with Crippen molar-refractivity contribution in [3.05, 3.63) is 23.8 Å². The van der Waals surface area contributed by atoms with Gasteiger partial charge in [0.25, 0.3) is 0 Å². The van der Waals surface area contributed by atoms with Crippen LogP contribution in [-0.2, 0) is 11.3 Å². The summed E-state index contributed by atoms with van der Waals surface area (Å²) in [6.45, 7) is 2.21. The Morgan fingerprint density at radius 1 is 1.29 bits per heavy atom. The number of nitrogens with zero attached hydrogens (tertiary/aromatic N) is 1. The first-order valence-electron chi connectivity index (χ1n) is 6.92. The lowest BCUT2D eigenvalue weighted by molar-refractivity contribution is -0.120. The summed E-state index contributed by atoms with van der Waals surface area (Å²) in [7, 11) is 7.34. The van der Waals surface area contributed by atoms with Gasteiger partial charge in [-0.25, -0.2) is 0 Å². The molecule has 0 aliphatic heterocycles. The molecule has 21 heavy (non-hydrogen) atoms. The first-order valence-corrected chi connectivity index (χ1v) is 6.92. The largest absolute Gasteiger partial charge is 0.493 e. The van der Waals surface area contributed by atoms with Gasteiger partial charge in [-0.3, -0.25) is 4.79 Å². The second-order valence-corrected chi connectivity index (χ2v) is 4.94. The van der Waals surface area contributed by atoms with Crippen LogP contribution >= 0.6 is 0 Å². The summed E-state index contributed by atoms with van der Waals surface area (Å²) in [6, 6.07) is 5.67. The van der Waals surface area contributed by atoms with Crippen molar-refractivity contribution < 1.29 is 14.3 Å². The third-order valence-electron chi connectivity index (χ3n) is 2.85. The molecule has 1 amide bonds. The molecule has 0 radical (unpaired) electrons. The van der Waals surface area contributed by atoms with Crippen LogP contribution in [0.15, 0.2) is 18.2 Å². The lowest BCUT2D eigenvalue weighted by Crippen LogP contribution is -2.31. The number of amides is 1. The Morgan fingerprint density at radius 3 is 2.67 bits per heavy atom. The van der Waals surface area contributed by atoms with E-state index in [1.165, 1.54) is 0 Å². The fourth-order valence-corrected chi connectivity index (χ4v) is 1.70. The lowest BCUT2D eigenvalue weighted by Gasteiger charge is -2.14. The van der Waals surface area contributed by atoms with Crippen LogP contribution in [0.4, 0.5) is 0 Å². The van der Waals surface area contributed by atoms with E-state index < -0.39 is 0 Å². The van der Waals surface area contributed by atoms with Crippen LogP contribution < -0.4 is 20.1 Å². The van der Waals surface area contributed by atoms with Crippen molar-refractivity contribution in [1.82, 2.24) is 15.5 Å². The number of ether oxygens (including phenoxy) is 2. The molecule has 0 bridgehead atoms. The summed E-state index contributed by atoms with van der Waals surface area (Å²) in [4.78, 5) is 13.5. The molecule has 0 aromatic heterocycles. The standard InChI is InChI=1S/C15H25N3O3/c1-16-11-15(19)17-10-12-5-6-13(14(9-12)20-4)21-8-7-18(2)3/h5-6,9,16H,7-8,10-11H2,1-4H3,(H,17,19). The molecule has 0 aliphatic carbocycles. The van der Waals surface area contributed by atoms with E-state index in [2.05, 4.69) is 15.5 Å². The number of nitrogens with one attached hydrogen (secondary N) is 2. The number of carbonyl (C=O) groups is 1. The summed E-state index contributed by atoms with van der Waals surface area (Å²) in [5.41, 5.74) is 0.969. The van der Waals surface area contributed by atoms with Gasteiger partial charge in [-0.15, -0.1) is 0 Å². The maximum Gasteiger partial charge on any atom is 0.234 e. The predicted octanol–water partition coefficient (Wildman–Crippen LogP) is 0.471. The number of rotatable bonds is 9. The molecule has 1 rings (SSSR count). The lowest BCUT2D eigenvalue weighted by atomic mass is 10.2. The number of benzene rings is 1. The molecule has 1 aromatic rings. The average molecular weight is 295 g/mol. The van der Waals surface area contributed by atoms with E-state index in [-0.39, 0.29) is 5.91 Å². The van der Waals surface area contributed by atoms with Gasteiger partial charge in [0.15, 0.2) is 11.5 Å². The van der Waals surface area contributed by atoms with Crippen LogP contribution in [0, 0.1) is 0 Å². The van der Waals surface area contributed by atoms with Crippen molar-refractivity contribution in [1.29, 1.82) is 0 Å². The van der Waals surface area contributed by atoms with Crippen molar-refractivity contribution in [3.8, 4) is 11.5 Å². The van der Waals surface area contributed by atoms with Crippen molar-refractivity contribution in [2.45, 2.75) is 6.54 Å². The van der Waals surface area contributed by atoms with Gasteiger partial charge in [-0.05, 0) is 38.8 Å². The molecule has 0 unspecified atom stereocenters. The summed E-state index contributed by atoms with van der Waals surface area (Å²) in [5, 5.41) is 5.63. The Morgan fingerprint density at radius 2 is 2.05 bits per heavy atom. The predicted molar refractivity (Wildman–Crippen MR) is 82.8 cm³/mol. The highest BCUT2D eigenvalue weighted by Crippen LogP contribution is 2.27. The first-order chi connectivity index (χ1) is 10.1. The minimum Gasteiger partial charge on any atom is -0.493 e. The van der Waals surface area contributed by atoms with Crippen LogP contribution in [0.1, 0.15) is 5.56 Å². The Balaban J connectivity index is 2.59. The van der Waals surface area contributed by atoms with Crippen molar-refractivity contribution >= 4 is 5.91 Å². The number of methoxy groups -OCH3 is 1. The van der Waals surface area contributed by atoms with Gasteiger partial charge in [0.05, 0.1) is 13.7 Å². The fraction of sp³-hybridized carbons (Fsp3) is 0.533. The van der Waals surface area contributed by atoms with Crippen molar-refractivity contribution in [2.24, 2.45) is 0 Å². The number of likely N-dealkylation sites (N-methyl/N-ethyl adjacent to an activating group) is 2. The molecule has 6 heteroatoms. The van der Waals surface area contributed by atoms with Crippen LogP contribution in [-0.4, -0.2) is 58.8 Å². The van der Waals surface area contributed by atoms with E-state index in [0.717, 1.165) is 12.1 Å². The zero-order valence-corrected chi connectivity index (χ0v) is 13.2. The summed E-state index contributed by atoms with van der Waals surface area (Å²) < 4.78 is 11.0. The van der Waals surface area contributed by atoms with Gasteiger partial charge in [0, 0.05) is 13.1 Å². The maximum absolute atomic E-state index is 11.4. The average Bonchev–Trinajstić information content (AvgIpc) is 2.46. The van der Waals surface area contributed by atoms with Crippen LogP contribution in [0.3, 0.4) is 0 Å². The van der Waals surface area contributed by atoms with Gasteiger partial charge in [0.2, 0.25) is 5.91 Å². The molecule has 0 fully saturated rings. The van der Waals surface area contributed by atoms with Crippen LogP contribution in [0.5, 0.6) is 11.5 Å². The maximum atomic E-state index is 11.4. The normalized spacial score (nSPS) is 10.5. The third kappa shape index (κ3) is 6.46. The number of hydrogen-bond donors (Lipinski definition) is 2. The highest BCUT2D eigenvalue weighted by Gasteiger charge is 2.07. The molecule has 0 saturated carbocycles. The molecule has 1 aromatic carbocycles. The summed E-state index contributed by atoms with van der Waals surface area (Å²) >= 11 is 0. The monoisotopic (exact) mass is 295 g/mol. The highest BCUT2D eigenvalue weighted by atomic mass is 16.5. The van der Waals surface area contributed by atoms with E-state index in [4.69, 9.17) is 9.47 Å². The topological polar surface area (TPSA) is 62.8 Å². The van der Waals surface area contributed by atoms with Gasteiger partial charge in [-0.1, -0.05) is 6.07 Å². The molecular formula is C15H25N3O3. The Hall–Kier alpha value is -1.79. The minimum atomic E-state index is -0.0391. The van der Waals surface area contributed by atoms with E-state index in [1.807, 2.05) is 32.3 Å². The second-order valence-electron chi connectivity index (χ2n) is 4.94. The molecule has 6 nitrogen and oxygen atoms in total. The molecule has 0 spiro atoms.